The number of hydrogen-bond donors (Lipinski definition) is 0. The first kappa shape index (κ1) is 13.9. The predicted molar refractivity (Wildman–Crippen MR) is 75.5 cm³/mol. The Morgan fingerprint density at radius 1 is 1.12 bits per heavy atom. The maximum absolute atomic E-state index is 12.0. The first-order chi connectivity index (χ1) is 7.68. The van der Waals surface area contributed by atoms with Gasteiger partial charge in [-0.05, 0) is 22.9 Å². The largest absolute Gasteiger partial charge is 0.288 e. The Balaban J connectivity index is 0.00000144. The minimum absolute atomic E-state index is 0. The summed E-state index contributed by atoms with van der Waals surface area (Å²) < 4.78 is 0. The Kier molecular flexibility index (Phi) is 4.91. The molecule has 0 fully saturated rings. The first-order valence-corrected chi connectivity index (χ1v) is 6.24. The molecule has 0 saturated carbocycles. The third-order valence-corrected chi connectivity index (χ3v) is 3.45. The van der Waals surface area contributed by atoms with Gasteiger partial charge in [-0.2, -0.15) is 0 Å². The molecule has 0 unspecified atom stereocenters. The molecule has 0 bridgehead atoms. The summed E-state index contributed by atoms with van der Waals surface area (Å²) in [5, 5.41) is 1.93. The van der Waals surface area contributed by atoms with E-state index in [0.29, 0.717) is 5.92 Å². The smallest absolute Gasteiger partial charge is 0.202 e. The fourth-order valence-corrected chi connectivity index (χ4v) is 2.26. The van der Waals surface area contributed by atoms with Gasteiger partial charge >= 0.3 is 0 Å². The average molecular weight is 267 g/mol. The molecule has 3 heteroatoms. The fraction of sp³-hybridized carbons (Fsp3) is 0.214. The van der Waals surface area contributed by atoms with Gasteiger partial charge in [-0.25, -0.2) is 0 Å². The van der Waals surface area contributed by atoms with E-state index in [0.717, 1.165) is 10.4 Å². The van der Waals surface area contributed by atoms with Crippen molar-refractivity contribution in [2.75, 3.05) is 0 Å². The van der Waals surface area contributed by atoms with Crippen molar-refractivity contribution in [1.29, 1.82) is 0 Å². The van der Waals surface area contributed by atoms with Crippen molar-refractivity contribution in [1.82, 2.24) is 0 Å². The number of thiophene rings is 1. The quantitative estimate of drug-likeness (QED) is 0.747. The van der Waals surface area contributed by atoms with Crippen LogP contribution < -0.4 is 0 Å². The maximum Gasteiger partial charge on any atom is 0.202 e. The molecule has 1 nitrogen and oxygen atoms in total. The van der Waals surface area contributed by atoms with Crippen LogP contribution in [0, 0.1) is 0 Å². The lowest BCUT2D eigenvalue weighted by atomic mass is 10.0. The van der Waals surface area contributed by atoms with Crippen LogP contribution in [0.3, 0.4) is 0 Å². The van der Waals surface area contributed by atoms with E-state index in [9.17, 15) is 4.79 Å². The molecule has 17 heavy (non-hydrogen) atoms. The highest BCUT2D eigenvalue weighted by molar-refractivity contribution is 7.12. The average Bonchev–Trinajstić information content (AvgIpc) is 2.81. The van der Waals surface area contributed by atoms with Crippen LogP contribution >= 0.6 is 23.7 Å². The zero-order valence-corrected chi connectivity index (χ0v) is 11.5. The number of carbonyl (C=O) groups is 1. The number of rotatable bonds is 3. The molecule has 0 aliphatic carbocycles. The highest BCUT2D eigenvalue weighted by Gasteiger charge is 2.09. The van der Waals surface area contributed by atoms with Gasteiger partial charge in [0.25, 0.3) is 0 Å². The van der Waals surface area contributed by atoms with Gasteiger partial charge in [0.15, 0.2) is 0 Å². The highest BCUT2D eigenvalue weighted by Crippen LogP contribution is 2.18. The summed E-state index contributed by atoms with van der Waals surface area (Å²) in [6.07, 6.45) is 0. The van der Waals surface area contributed by atoms with Gasteiger partial charge < -0.3 is 0 Å². The van der Waals surface area contributed by atoms with Crippen LogP contribution in [0.25, 0.3) is 0 Å². The van der Waals surface area contributed by atoms with E-state index in [4.69, 9.17) is 0 Å². The lowest BCUT2D eigenvalue weighted by molar-refractivity contribution is 0.104. The predicted octanol–water partition coefficient (Wildman–Crippen LogP) is 4.52. The van der Waals surface area contributed by atoms with Gasteiger partial charge in [0, 0.05) is 5.56 Å². The van der Waals surface area contributed by atoms with Gasteiger partial charge in [0.05, 0.1) is 4.88 Å². The van der Waals surface area contributed by atoms with Crippen LogP contribution in [0.1, 0.15) is 40.6 Å². The highest BCUT2D eigenvalue weighted by atomic mass is 35.5. The van der Waals surface area contributed by atoms with Gasteiger partial charge in [-0.1, -0.05) is 44.2 Å². The van der Waals surface area contributed by atoms with Crippen molar-refractivity contribution in [3.63, 3.8) is 0 Å². The lowest BCUT2D eigenvalue weighted by Gasteiger charge is -2.05. The van der Waals surface area contributed by atoms with Crippen molar-refractivity contribution in [3.05, 3.63) is 57.8 Å². The van der Waals surface area contributed by atoms with Gasteiger partial charge in [0.2, 0.25) is 5.78 Å². The van der Waals surface area contributed by atoms with Crippen LogP contribution in [0.4, 0.5) is 0 Å². The minimum atomic E-state index is 0. The Hall–Kier alpha value is -1.12. The molecular formula is C14H15ClOS. The topological polar surface area (TPSA) is 17.1 Å². The number of hydrogen-bond acceptors (Lipinski definition) is 2. The maximum atomic E-state index is 12.0. The number of benzene rings is 1. The molecule has 90 valence electrons. The second kappa shape index (κ2) is 5.99. The SMILES string of the molecule is CC(C)c1ccc(C(=O)c2cccs2)cc1.Cl. The molecule has 0 radical (unpaired) electrons. The fourth-order valence-electron chi connectivity index (χ4n) is 1.57. The third kappa shape index (κ3) is 3.18. The molecule has 0 saturated heterocycles. The van der Waals surface area contributed by atoms with Crippen molar-refractivity contribution < 1.29 is 4.79 Å². The molecule has 0 amide bonds. The van der Waals surface area contributed by atoms with Gasteiger partial charge in [-0.3, -0.25) is 4.79 Å². The molecule has 1 aromatic carbocycles. The van der Waals surface area contributed by atoms with Crippen LogP contribution in [0.2, 0.25) is 0 Å². The zero-order valence-electron chi connectivity index (χ0n) is 9.84. The Labute approximate surface area is 112 Å². The number of ketones is 1. The van der Waals surface area contributed by atoms with Crippen molar-refractivity contribution in [2.45, 2.75) is 19.8 Å². The molecule has 0 spiro atoms. The monoisotopic (exact) mass is 266 g/mol. The van der Waals surface area contributed by atoms with E-state index < -0.39 is 0 Å². The summed E-state index contributed by atoms with van der Waals surface area (Å²) in [6.45, 7) is 4.30. The Morgan fingerprint density at radius 2 is 1.76 bits per heavy atom. The van der Waals surface area contributed by atoms with Crippen LogP contribution in [-0.2, 0) is 0 Å². The molecule has 0 aliphatic rings. The molecule has 2 rings (SSSR count). The summed E-state index contributed by atoms with van der Waals surface area (Å²) in [7, 11) is 0. The summed E-state index contributed by atoms with van der Waals surface area (Å²) in [6, 6.07) is 11.7. The van der Waals surface area contributed by atoms with E-state index in [1.165, 1.54) is 16.9 Å². The minimum Gasteiger partial charge on any atom is -0.288 e. The van der Waals surface area contributed by atoms with E-state index in [1.807, 2.05) is 41.8 Å². The first-order valence-electron chi connectivity index (χ1n) is 5.36. The Bertz CT molecular complexity index is 471. The van der Waals surface area contributed by atoms with Crippen LogP contribution in [0.5, 0.6) is 0 Å². The van der Waals surface area contributed by atoms with Gasteiger partial charge in [0.1, 0.15) is 0 Å². The third-order valence-electron chi connectivity index (χ3n) is 2.58. The zero-order chi connectivity index (χ0) is 11.5. The number of halogens is 1. The van der Waals surface area contributed by atoms with Crippen LogP contribution in [0.15, 0.2) is 41.8 Å². The number of carbonyl (C=O) groups excluding carboxylic acids is 1. The van der Waals surface area contributed by atoms with Gasteiger partial charge in [-0.15, -0.1) is 23.7 Å². The molecule has 0 N–H and O–H groups in total. The summed E-state index contributed by atoms with van der Waals surface area (Å²) in [5.41, 5.74) is 2.04. The molecule has 1 aromatic heterocycles. The lowest BCUT2D eigenvalue weighted by Crippen LogP contribution is -1.98. The summed E-state index contributed by atoms with van der Waals surface area (Å²) in [4.78, 5) is 12.8. The van der Waals surface area contributed by atoms with E-state index in [2.05, 4.69) is 13.8 Å². The Morgan fingerprint density at radius 3 is 2.24 bits per heavy atom. The molecule has 0 aliphatic heterocycles. The van der Waals surface area contributed by atoms with E-state index in [-0.39, 0.29) is 18.2 Å². The standard InChI is InChI=1S/C14H14OS.ClH/c1-10(2)11-5-7-12(8-6-11)14(15)13-4-3-9-16-13;/h3-10H,1-2H3;1H. The molecule has 1 heterocycles. The molecule has 2 aromatic rings. The van der Waals surface area contributed by atoms with E-state index in [1.54, 1.807) is 0 Å². The van der Waals surface area contributed by atoms with Crippen molar-refractivity contribution in [2.24, 2.45) is 0 Å². The van der Waals surface area contributed by atoms with Crippen molar-refractivity contribution in [3.8, 4) is 0 Å². The van der Waals surface area contributed by atoms with Crippen LogP contribution in [-0.4, -0.2) is 5.78 Å². The normalized spacial score (nSPS) is 10.1. The second-order valence-corrected chi connectivity index (χ2v) is 5.03. The molecule has 0 atom stereocenters. The van der Waals surface area contributed by atoms with E-state index >= 15 is 0 Å². The van der Waals surface area contributed by atoms with Crippen molar-refractivity contribution >= 4 is 29.5 Å². The summed E-state index contributed by atoms with van der Waals surface area (Å²) in [5.74, 6) is 0.621. The summed E-state index contributed by atoms with van der Waals surface area (Å²) >= 11 is 1.49. The second-order valence-electron chi connectivity index (χ2n) is 4.08. The molecular weight excluding hydrogens is 252 g/mol.